The number of piperazine rings is 1. The van der Waals surface area contributed by atoms with Crippen LogP contribution in [0.5, 0.6) is 5.75 Å². The molecule has 7 rings (SSSR count). The highest BCUT2D eigenvalue weighted by molar-refractivity contribution is 5.99. The number of halogens is 3. The second-order valence-corrected chi connectivity index (χ2v) is 10.6. The van der Waals surface area contributed by atoms with E-state index in [1.807, 2.05) is 4.90 Å². The maximum atomic E-state index is 16.3. The molecule has 0 aliphatic carbocycles. The average molecular weight is 546 g/mol. The van der Waals surface area contributed by atoms with E-state index in [4.69, 9.17) is 0 Å². The van der Waals surface area contributed by atoms with Crippen LogP contribution in [-0.4, -0.2) is 81.2 Å². The van der Waals surface area contributed by atoms with Gasteiger partial charge in [-0.05, 0) is 48.9 Å². The summed E-state index contributed by atoms with van der Waals surface area (Å²) in [5, 5.41) is 22.6. The van der Waals surface area contributed by atoms with Crippen molar-refractivity contribution in [3.8, 4) is 28.8 Å². The van der Waals surface area contributed by atoms with Crippen molar-refractivity contribution in [3.63, 3.8) is 0 Å². The minimum absolute atomic E-state index is 0.0652. The van der Waals surface area contributed by atoms with E-state index < -0.39 is 23.3 Å². The van der Waals surface area contributed by atoms with Crippen molar-refractivity contribution < 1.29 is 18.3 Å². The molecule has 3 saturated heterocycles. The molecule has 11 heteroatoms. The largest absolute Gasteiger partial charge is 0.508 e. The summed E-state index contributed by atoms with van der Waals surface area (Å²) in [7, 11) is 0. The summed E-state index contributed by atoms with van der Waals surface area (Å²) < 4.78 is 45.6. The summed E-state index contributed by atoms with van der Waals surface area (Å²) in [6.07, 6.45) is 1.10. The highest BCUT2D eigenvalue weighted by atomic mass is 19.1. The van der Waals surface area contributed by atoms with E-state index >= 15 is 4.39 Å². The zero-order valence-corrected chi connectivity index (χ0v) is 21.6. The molecule has 2 aromatic carbocycles. The van der Waals surface area contributed by atoms with Gasteiger partial charge in [-0.15, -0.1) is 10.2 Å². The second kappa shape index (κ2) is 9.57. The van der Waals surface area contributed by atoms with Gasteiger partial charge in [0.2, 0.25) is 5.82 Å². The summed E-state index contributed by atoms with van der Waals surface area (Å²) in [6.45, 7) is 3.82. The van der Waals surface area contributed by atoms with Crippen LogP contribution in [0, 0.1) is 23.5 Å². The number of alkyl halides is 1. The van der Waals surface area contributed by atoms with Crippen LogP contribution < -0.4 is 10.2 Å². The summed E-state index contributed by atoms with van der Waals surface area (Å²) in [5.74, 6) is 5.25. The molecular weight excluding hydrogens is 519 g/mol. The van der Waals surface area contributed by atoms with Crippen molar-refractivity contribution in [2.75, 3.05) is 44.2 Å². The van der Waals surface area contributed by atoms with Crippen LogP contribution in [0.2, 0.25) is 0 Å². The van der Waals surface area contributed by atoms with Gasteiger partial charge in [-0.1, -0.05) is 18.1 Å². The lowest BCUT2D eigenvalue weighted by atomic mass is 9.94. The topological polar surface area (TPSA) is 90.3 Å². The maximum absolute atomic E-state index is 16.3. The van der Waals surface area contributed by atoms with E-state index in [0.29, 0.717) is 50.3 Å². The number of aromatic hydroxyl groups is 1. The Morgan fingerprint density at radius 1 is 1.05 bits per heavy atom. The quantitative estimate of drug-likeness (QED) is 0.370. The third-order valence-corrected chi connectivity index (χ3v) is 8.12. The number of rotatable bonds is 2. The lowest BCUT2D eigenvalue weighted by molar-refractivity contribution is 0.255. The van der Waals surface area contributed by atoms with Crippen molar-refractivity contribution >= 4 is 27.6 Å². The number of nitrogens with one attached hydrogen (secondary N) is 1. The molecule has 4 aromatic rings. The van der Waals surface area contributed by atoms with Crippen LogP contribution in [0.25, 0.3) is 33.1 Å². The Kier molecular flexibility index (Phi) is 5.98. The fraction of sp³-hybridized carbons (Fsp3) is 0.379. The van der Waals surface area contributed by atoms with Crippen LogP contribution in [0.1, 0.15) is 25.1 Å². The Morgan fingerprint density at radius 3 is 2.75 bits per heavy atom. The number of hydrogen-bond acceptors (Lipinski definition) is 8. The minimum Gasteiger partial charge on any atom is -0.508 e. The Morgan fingerprint density at radius 2 is 1.90 bits per heavy atom. The van der Waals surface area contributed by atoms with Gasteiger partial charge in [0.1, 0.15) is 28.9 Å². The van der Waals surface area contributed by atoms with E-state index in [-0.39, 0.29) is 39.3 Å². The fourth-order valence-electron chi connectivity index (χ4n) is 6.29. The molecule has 3 aliphatic heterocycles. The molecular formula is C29H26F3N7O. The van der Waals surface area contributed by atoms with Gasteiger partial charge in [0, 0.05) is 50.1 Å². The van der Waals surface area contributed by atoms with Gasteiger partial charge < -0.3 is 15.3 Å². The van der Waals surface area contributed by atoms with Gasteiger partial charge in [0.05, 0.1) is 5.54 Å². The molecule has 3 aliphatic rings. The van der Waals surface area contributed by atoms with Crippen molar-refractivity contribution in [2.24, 2.45) is 0 Å². The number of nitrogens with zero attached hydrogens (tertiary/aromatic N) is 6. The van der Waals surface area contributed by atoms with Crippen LogP contribution in [0.15, 0.2) is 30.3 Å². The molecule has 2 N–H and O–H groups in total. The number of benzene rings is 2. The molecule has 3 fully saturated rings. The maximum Gasteiger partial charge on any atom is 0.207 e. The molecule has 40 heavy (non-hydrogen) atoms. The average Bonchev–Trinajstić information content (AvgIpc) is 3.47. The van der Waals surface area contributed by atoms with Gasteiger partial charge >= 0.3 is 0 Å². The first-order chi connectivity index (χ1) is 19.4. The first-order valence-electron chi connectivity index (χ1n) is 13.5. The number of phenolic OH excluding ortho intramolecular Hbond substituents is 1. The highest BCUT2D eigenvalue weighted by Gasteiger charge is 2.47. The van der Waals surface area contributed by atoms with Gasteiger partial charge in [-0.25, -0.2) is 23.1 Å². The highest BCUT2D eigenvalue weighted by Crippen LogP contribution is 2.40. The number of hydrogen-bond donors (Lipinski definition) is 2. The van der Waals surface area contributed by atoms with Gasteiger partial charge in [-0.3, -0.25) is 4.90 Å². The fourth-order valence-corrected chi connectivity index (χ4v) is 6.29. The lowest BCUT2D eigenvalue weighted by Gasteiger charge is -2.28. The first kappa shape index (κ1) is 25.0. The zero-order chi connectivity index (χ0) is 27.4. The van der Waals surface area contributed by atoms with E-state index in [0.717, 1.165) is 19.4 Å². The van der Waals surface area contributed by atoms with Crippen LogP contribution in [-0.2, 0) is 0 Å². The standard InChI is InChI=1S/C29H26F3N7O/c30-18-15-29(6-2-10-39(29)16-18)7-5-22-34-26-24(32)25(20-14-19(40)13-17-3-1-4-21(31)23(17)20)36-37-27(26)28(35-22)38-11-8-33-9-12-38/h1,3-4,13-14,18,33,40H,2,6,8-12,15-16H2/t18-,29-/m1/s1. The molecule has 0 unspecified atom stereocenters. The molecule has 5 heterocycles. The third kappa shape index (κ3) is 4.10. The van der Waals surface area contributed by atoms with Crippen molar-refractivity contribution in [1.29, 1.82) is 0 Å². The van der Waals surface area contributed by atoms with Crippen LogP contribution in [0.4, 0.5) is 19.0 Å². The van der Waals surface area contributed by atoms with Crippen LogP contribution >= 0.6 is 0 Å². The molecule has 8 nitrogen and oxygen atoms in total. The van der Waals surface area contributed by atoms with Gasteiger partial charge in [0.15, 0.2) is 17.2 Å². The van der Waals surface area contributed by atoms with Crippen molar-refractivity contribution in [1.82, 2.24) is 30.4 Å². The van der Waals surface area contributed by atoms with E-state index in [2.05, 4.69) is 42.2 Å². The molecule has 0 saturated carbocycles. The number of fused-ring (bicyclic) bond motifs is 3. The molecule has 0 spiro atoms. The van der Waals surface area contributed by atoms with Gasteiger partial charge in [-0.2, -0.15) is 0 Å². The Bertz CT molecular complexity index is 1720. The summed E-state index contributed by atoms with van der Waals surface area (Å²) >= 11 is 0. The molecule has 0 radical (unpaired) electrons. The minimum atomic E-state index is -0.934. The zero-order valence-electron chi connectivity index (χ0n) is 21.6. The Balaban J connectivity index is 1.42. The molecule has 2 atom stereocenters. The smallest absolute Gasteiger partial charge is 0.207 e. The molecule has 204 valence electrons. The summed E-state index contributed by atoms with van der Waals surface area (Å²) in [6, 6.07) is 7.09. The Hall–Kier alpha value is -4.01. The van der Waals surface area contributed by atoms with E-state index in [9.17, 15) is 13.9 Å². The molecule has 2 aromatic heterocycles. The first-order valence-corrected chi connectivity index (χ1v) is 13.5. The van der Waals surface area contributed by atoms with Crippen molar-refractivity contribution in [3.05, 3.63) is 47.8 Å². The number of phenols is 1. The summed E-state index contributed by atoms with van der Waals surface area (Å²) in [4.78, 5) is 13.2. The lowest BCUT2D eigenvalue weighted by Crippen LogP contribution is -2.44. The number of anilines is 1. The SMILES string of the molecule is Oc1cc(-c2nnc3c(N4CCNCC4)nc(C#C[C@@]45CCCN4C[C@H](F)C5)nc3c2F)c2c(F)cccc2c1. The second-order valence-electron chi connectivity index (χ2n) is 10.6. The normalized spacial score (nSPS) is 23.0. The van der Waals surface area contributed by atoms with Crippen LogP contribution in [0.3, 0.4) is 0 Å². The monoisotopic (exact) mass is 545 g/mol. The van der Waals surface area contributed by atoms with E-state index in [1.54, 1.807) is 6.07 Å². The predicted molar refractivity (Wildman–Crippen MR) is 145 cm³/mol. The predicted octanol–water partition coefficient (Wildman–Crippen LogP) is 3.56. The Labute approximate surface area is 228 Å². The number of aromatic nitrogens is 4. The van der Waals surface area contributed by atoms with Gasteiger partial charge in [0.25, 0.3) is 0 Å². The molecule has 0 amide bonds. The summed E-state index contributed by atoms with van der Waals surface area (Å²) in [5.41, 5.74) is -0.662. The molecule has 0 bridgehead atoms. The third-order valence-electron chi connectivity index (χ3n) is 8.12. The van der Waals surface area contributed by atoms with E-state index in [1.165, 1.54) is 24.3 Å². The van der Waals surface area contributed by atoms with Crippen molar-refractivity contribution in [2.45, 2.75) is 31.0 Å².